The van der Waals surface area contributed by atoms with Crippen LogP contribution in [0.2, 0.25) is 0 Å². The highest BCUT2D eigenvalue weighted by molar-refractivity contribution is 5.88. The van der Waals surface area contributed by atoms with Crippen molar-refractivity contribution in [3.05, 3.63) is 58.5 Å². The Morgan fingerprint density at radius 3 is 2.84 bits per heavy atom. The van der Waals surface area contributed by atoms with E-state index in [0.29, 0.717) is 17.7 Å². The number of nitrogens with zero attached hydrogens (tertiary/aromatic N) is 5. The Morgan fingerprint density at radius 2 is 2.12 bits per heavy atom. The maximum atomic E-state index is 9.19. The zero-order valence-corrected chi connectivity index (χ0v) is 14.8. The first-order chi connectivity index (χ1) is 12.0. The minimum atomic E-state index is 0.585. The molecule has 0 saturated heterocycles. The number of hydrogen-bond donors (Lipinski definition) is 1. The molecule has 0 bridgehead atoms. The number of aromatic nitrogens is 3. The van der Waals surface area contributed by atoms with E-state index in [1.807, 2.05) is 55.9 Å². The second-order valence-electron chi connectivity index (χ2n) is 5.94. The molecular formula is C19H20N6. The highest BCUT2D eigenvalue weighted by Gasteiger charge is 2.09. The third-order valence-corrected chi connectivity index (χ3v) is 4.36. The molecule has 0 fully saturated rings. The molecule has 2 heterocycles. The zero-order valence-electron chi connectivity index (χ0n) is 14.8. The van der Waals surface area contributed by atoms with E-state index in [4.69, 9.17) is 0 Å². The summed E-state index contributed by atoms with van der Waals surface area (Å²) in [6, 6.07) is 10.00. The molecule has 1 aromatic carbocycles. The summed E-state index contributed by atoms with van der Waals surface area (Å²) in [5, 5.41) is 13.6. The van der Waals surface area contributed by atoms with E-state index in [-0.39, 0.29) is 0 Å². The number of benzene rings is 1. The summed E-state index contributed by atoms with van der Waals surface area (Å²) in [5.41, 5.74) is 5.28. The van der Waals surface area contributed by atoms with Gasteiger partial charge < -0.3 is 9.88 Å². The maximum absolute atomic E-state index is 9.19. The van der Waals surface area contributed by atoms with Crippen LogP contribution >= 0.6 is 0 Å². The number of nitriles is 1. The van der Waals surface area contributed by atoms with Crippen LogP contribution in [0.25, 0.3) is 10.9 Å². The lowest BCUT2D eigenvalue weighted by Crippen LogP contribution is -2.24. The van der Waals surface area contributed by atoms with Crippen molar-refractivity contribution in [2.45, 2.75) is 20.4 Å². The van der Waals surface area contributed by atoms with Crippen LogP contribution < -0.4 is 10.9 Å². The first-order valence-electron chi connectivity index (χ1n) is 8.04. The van der Waals surface area contributed by atoms with Gasteiger partial charge in [-0.15, -0.1) is 0 Å². The van der Waals surface area contributed by atoms with E-state index < -0.39 is 0 Å². The average Bonchev–Trinajstić information content (AvgIpc) is 2.62. The van der Waals surface area contributed by atoms with Gasteiger partial charge in [0.2, 0.25) is 5.62 Å². The second kappa shape index (κ2) is 6.73. The summed E-state index contributed by atoms with van der Waals surface area (Å²) in [4.78, 5) is 13.3. The Kier molecular flexibility index (Phi) is 4.48. The van der Waals surface area contributed by atoms with Gasteiger partial charge in [0.25, 0.3) is 0 Å². The van der Waals surface area contributed by atoms with Gasteiger partial charge in [0.1, 0.15) is 5.82 Å². The minimum absolute atomic E-state index is 0.585. The fourth-order valence-electron chi connectivity index (χ4n) is 2.86. The van der Waals surface area contributed by atoms with Crippen LogP contribution in [0, 0.1) is 25.2 Å². The van der Waals surface area contributed by atoms with Gasteiger partial charge in [-0.3, -0.25) is 9.98 Å². The van der Waals surface area contributed by atoms with Crippen LogP contribution in [0.4, 0.5) is 5.82 Å². The van der Waals surface area contributed by atoms with E-state index in [0.717, 1.165) is 33.5 Å². The van der Waals surface area contributed by atoms with Gasteiger partial charge in [0.15, 0.2) is 0 Å². The van der Waals surface area contributed by atoms with Gasteiger partial charge in [-0.1, -0.05) is 12.1 Å². The third kappa shape index (κ3) is 3.09. The summed E-state index contributed by atoms with van der Waals surface area (Å²) in [5.74, 6) is 0.765. The largest absolute Gasteiger partial charge is 0.365 e. The molecule has 0 aliphatic heterocycles. The normalized spacial score (nSPS) is 11.6. The van der Waals surface area contributed by atoms with Gasteiger partial charge >= 0.3 is 0 Å². The number of fused-ring (bicyclic) bond motifs is 1. The van der Waals surface area contributed by atoms with Crippen molar-refractivity contribution < 1.29 is 0 Å². The van der Waals surface area contributed by atoms with Crippen LogP contribution in [0.15, 0.2) is 35.5 Å². The summed E-state index contributed by atoms with van der Waals surface area (Å²) < 4.78 is 1.93. The molecule has 0 saturated carbocycles. The van der Waals surface area contributed by atoms with E-state index in [1.54, 1.807) is 7.05 Å². The van der Waals surface area contributed by atoms with E-state index in [9.17, 15) is 5.26 Å². The Morgan fingerprint density at radius 1 is 1.32 bits per heavy atom. The minimum Gasteiger partial charge on any atom is -0.365 e. The van der Waals surface area contributed by atoms with Crippen molar-refractivity contribution >= 4 is 16.7 Å². The quantitative estimate of drug-likeness (QED) is 0.799. The van der Waals surface area contributed by atoms with Crippen molar-refractivity contribution in [1.82, 2.24) is 14.5 Å². The molecule has 126 valence electrons. The molecule has 0 aliphatic carbocycles. The van der Waals surface area contributed by atoms with Crippen LogP contribution in [0.1, 0.15) is 22.4 Å². The molecule has 0 radical (unpaired) electrons. The van der Waals surface area contributed by atoms with Crippen molar-refractivity contribution in [1.29, 1.82) is 5.26 Å². The third-order valence-electron chi connectivity index (χ3n) is 4.36. The standard InChI is InChI=1S/C19H20N6/c1-12-8-16-17(11-22-12)25(4)19(21-3)24-18(16)23-10-15-7-5-6-14(9-20)13(15)2/h5-8,11H,10H2,1-4H3,(H,21,23,24). The second-order valence-corrected chi connectivity index (χ2v) is 5.94. The number of anilines is 1. The molecule has 1 N–H and O–H groups in total. The van der Waals surface area contributed by atoms with Crippen LogP contribution in [0.5, 0.6) is 0 Å². The molecule has 6 nitrogen and oxygen atoms in total. The lowest BCUT2D eigenvalue weighted by Gasteiger charge is -2.14. The van der Waals surface area contributed by atoms with E-state index in [2.05, 4.69) is 26.3 Å². The van der Waals surface area contributed by atoms with Crippen LogP contribution in [0.3, 0.4) is 0 Å². The fourth-order valence-corrected chi connectivity index (χ4v) is 2.86. The smallest absolute Gasteiger partial charge is 0.226 e. The predicted molar refractivity (Wildman–Crippen MR) is 98.0 cm³/mol. The highest BCUT2D eigenvalue weighted by Crippen LogP contribution is 2.21. The van der Waals surface area contributed by atoms with E-state index >= 15 is 0 Å². The summed E-state index contributed by atoms with van der Waals surface area (Å²) in [6.45, 7) is 4.51. The summed E-state index contributed by atoms with van der Waals surface area (Å²) in [7, 11) is 3.65. The molecule has 0 aliphatic rings. The molecule has 0 unspecified atom stereocenters. The number of aryl methyl sites for hydroxylation is 2. The number of rotatable bonds is 3. The van der Waals surface area contributed by atoms with Crippen molar-refractivity contribution in [3.63, 3.8) is 0 Å². The number of hydrogen-bond acceptors (Lipinski definition) is 5. The molecular weight excluding hydrogens is 312 g/mol. The zero-order chi connectivity index (χ0) is 18.0. The molecule has 3 aromatic rings. The first kappa shape index (κ1) is 16.7. The van der Waals surface area contributed by atoms with E-state index in [1.165, 1.54) is 0 Å². The van der Waals surface area contributed by atoms with Crippen molar-refractivity contribution in [2.24, 2.45) is 12.0 Å². The molecule has 0 amide bonds. The maximum Gasteiger partial charge on any atom is 0.226 e. The Labute approximate surface area is 146 Å². The number of pyridine rings is 1. The topological polar surface area (TPSA) is 78.9 Å². The molecule has 3 rings (SSSR count). The summed E-state index contributed by atoms with van der Waals surface area (Å²) >= 11 is 0. The monoisotopic (exact) mass is 332 g/mol. The van der Waals surface area contributed by atoms with Gasteiger partial charge in [-0.25, -0.2) is 0 Å². The van der Waals surface area contributed by atoms with Crippen LogP contribution in [-0.2, 0) is 13.6 Å². The molecule has 0 spiro atoms. The Bertz CT molecular complexity index is 1060. The molecule has 0 atom stereocenters. The lowest BCUT2D eigenvalue weighted by molar-refractivity contribution is 0.808. The predicted octanol–water partition coefficient (Wildman–Crippen LogP) is 2.60. The van der Waals surface area contributed by atoms with Crippen molar-refractivity contribution in [3.8, 4) is 6.07 Å². The van der Waals surface area contributed by atoms with Gasteiger partial charge in [0, 0.05) is 31.7 Å². The van der Waals surface area contributed by atoms with Crippen molar-refractivity contribution in [2.75, 3.05) is 12.4 Å². The molecule has 25 heavy (non-hydrogen) atoms. The first-order valence-corrected chi connectivity index (χ1v) is 8.04. The molecule has 2 aromatic heterocycles. The van der Waals surface area contributed by atoms with Gasteiger partial charge in [-0.2, -0.15) is 10.2 Å². The Hall–Kier alpha value is -3.20. The summed E-state index contributed by atoms with van der Waals surface area (Å²) in [6.07, 6.45) is 1.84. The van der Waals surface area contributed by atoms with Gasteiger partial charge in [0.05, 0.1) is 23.3 Å². The highest BCUT2D eigenvalue weighted by atomic mass is 15.1. The number of nitrogens with one attached hydrogen (secondary N) is 1. The lowest BCUT2D eigenvalue weighted by atomic mass is 10.0. The fraction of sp³-hybridized carbons (Fsp3) is 0.263. The van der Waals surface area contributed by atoms with Gasteiger partial charge in [-0.05, 0) is 37.1 Å². The van der Waals surface area contributed by atoms with Crippen LogP contribution in [-0.4, -0.2) is 21.6 Å². The average molecular weight is 332 g/mol. The SMILES string of the molecule is CN=c1nc(NCc2cccc(C#N)c2C)c2cc(C)ncc2n1C. The molecule has 6 heteroatoms. The Balaban J connectivity index is 2.06.